The molecule has 0 atom stereocenters. The van der Waals surface area contributed by atoms with Crippen molar-refractivity contribution < 1.29 is 19.1 Å². The van der Waals surface area contributed by atoms with E-state index >= 15 is 0 Å². The van der Waals surface area contributed by atoms with E-state index in [4.69, 9.17) is 9.47 Å². The maximum atomic E-state index is 12.5. The van der Waals surface area contributed by atoms with Gasteiger partial charge < -0.3 is 18.9 Å². The summed E-state index contributed by atoms with van der Waals surface area (Å²) in [6, 6.07) is 9.19. The molecule has 0 saturated carbocycles. The number of benzene rings is 1. The summed E-state index contributed by atoms with van der Waals surface area (Å²) in [5.41, 5.74) is 0. The molecule has 2 rings (SSSR count). The van der Waals surface area contributed by atoms with Crippen molar-refractivity contribution in [2.75, 3.05) is 26.3 Å². The van der Waals surface area contributed by atoms with Gasteiger partial charge in [-0.15, -0.1) is 0 Å². The SMILES string of the molecule is CCOC(=O)CCN(CCCn1ccnc1)C(=O)COc1ccccc1. The highest BCUT2D eigenvalue weighted by Gasteiger charge is 2.16. The smallest absolute Gasteiger partial charge is 0.307 e. The Morgan fingerprint density at radius 2 is 2.00 bits per heavy atom. The topological polar surface area (TPSA) is 73.7 Å². The van der Waals surface area contributed by atoms with E-state index in [9.17, 15) is 9.59 Å². The third-order valence-corrected chi connectivity index (χ3v) is 3.75. The molecule has 1 heterocycles. The highest BCUT2D eigenvalue weighted by atomic mass is 16.5. The molecule has 1 amide bonds. The zero-order chi connectivity index (χ0) is 18.6. The van der Waals surface area contributed by atoms with Crippen LogP contribution >= 0.6 is 0 Å². The average Bonchev–Trinajstić information content (AvgIpc) is 3.17. The first-order chi connectivity index (χ1) is 12.7. The van der Waals surface area contributed by atoms with Crippen LogP contribution in [0.4, 0.5) is 0 Å². The number of amides is 1. The molecular weight excluding hydrogens is 334 g/mol. The number of carbonyl (C=O) groups excluding carboxylic acids is 2. The molecule has 0 saturated heterocycles. The molecule has 1 aromatic carbocycles. The minimum Gasteiger partial charge on any atom is -0.484 e. The van der Waals surface area contributed by atoms with Crippen LogP contribution in [0, 0.1) is 0 Å². The van der Waals surface area contributed by atoms with Gasteiger partial charge in [-0.1, -0.05) is 18.2 Å². The van der Waals surface area contributed by atoms with Crippen molar-refractivity contribution in [2.24, 2.45) is 0 Å². The Bertz CT molecular complexity index is 659. The normalized spacial score (nSPS) is 10.3. The Balaban J connectivity index is 1.84. The van der Waals surface area contributed by atoms with E-state index in [1.807, 2.05) is 29.0 Å². The number of imidazole rings is 1. The molecule has 0 bridgehead atoms. The summed E-state index contributed by atoms with van der Waals surface area (Å²) >= 11 is 0. The minimum absolute atomic E-state index is 0.0576. The van der Waals surface area contributed by atoms with Gasteiger partial charge in [0.05, 0.1) is 19.4 Å². The number of esters is 1. The van der Waals surface area contributed by atoms with E-state index in [2.05, 4.69) is 4.98 Å². The highest BCUT2D eigenvalue weighted by Crippen LogP contribution is 2.09. The van der Waals surface area contributed by atoms with Gasteiger partial charge in [-0.05, 0) is 25.5 Å². The number of carbonyl (C=O) groups is 2. The van der Waals surface area contributed by atoms with Crippen LogP contribution in [-0.2, 0) is 20.9 Å². The number of aromatic nitrogens is 2. The van der Waals surface area contributed by atoms with Crippen molar-refractivity contribution >= 4 is 11.9 Å². The van der Waals surface area contributed by atoms with E-state index in [1.54, 1.807) is 36.5 Å². The Hall–Kier alpha value is -2.83. The summed E-state index contributed by atoms with van der Waals surface area (Å²) in [5, 5.41) is 0. The van der Waals surface area contributed by atoms with Crippen molar-refractivity contribution in [2.45, 2.75) is 26.3 Å². The fourth-order valence-corrected chi connectivity index (χ4v) is 2.44. The number of hydrogen-bond donors (Lipinski definition) is 0. The highest BCUT2D eigenvalue weighted by molar-refractivity contribution is 5.78. The summed E-state index contributed by atoms with van der Waals surface area (Å²) in [6.45, 7) is 3.65. The van der Waals surface area contributed by atoms with Crippen molar-refractivity contribution in [3.63, 3.8) is 0 Å². The third-order valence-electron chi connectivity index (χ3n) is 3.75. The second-order valence-electron chi connectivity index (χ2n) is 5.69. The van der Waals surface area contributed by atoms with Gasteiger partial charge in [-0.2, -0.15) is 0 Å². The Kier molecular flexibility index (Phi) is 8.18. The second kappa shape index (κ2) is 10.9. The molecule has 140 valence electrons. The van der Waals surface area contributed by atoms with Crippen LogP contribution < -0.4 is 4.74 Å². The predicted octanol–water partition coefficient (Wildman–Crippen LogP) is 2.13. The summed E-state index contributed by atoms with van der Waals surface area (Å²) in [7, 11) is 0. The van der Waals surface area contributed by atoms with Gasteiger partial charge in [0.25, 0.3) is 5.91 Å². The summed E-state index contributed by atoms with van der Waals surface area (Å²) in [4.78, 5) is 29.8. The molecule has 26 heavy (non-hydrogen) atoms. The van der Waals surface area contributed by atoms with Crippen LogP contribution in [0.2, 0.25) is 0 Å². The number of ether oxygens (including phenoxy) is 2. The summed E-state index contributed by atoms with van der Waals surface area (Å²) in [5.74, 6) is 0.192. The first-order valence-corrected chi connectivity index (χ1v) is 8.76. The zero-order valence-corrected chi connectivity index (χ0v) is 15.0. The fourth-order valence-electron chi connectivity index (χ4n) is 2.44. The number of hydrogen-bond acceptors (Lipinski definition) is 5. The molecule has 0 aliphatic carbocycles. The van der Waals surface area contributed by atoms with E-state index in [0.29, 0.717) is 25.4 Å². The molecule has 0 N–H and O–H groups in total. The number of rotatable bonds is 11. The molecule has 7 nitrogen and oxygen atoms in total. The Morgan fingerprint density at radius 1 is 1.19 bits per heavy atom. The van der Waals surface area contributed by atoms with Crippen molar-refractivity contribution in [1.82, 2.24) is 14.5 Å². The second-order valence-corrected chi connectivity index (χ2v) is 5.69. The average molecular weight is 359 g/mol. The van der Waals surface area contributed by atoms with Crippen molar-refractivity contribution in [1.29, 1.82) is 0 Å². The lowest BCUT2D eigenvalue weighted by Crippen LogP contribution is -2.37. The van der Waals surface area contributed by atoms with Gasteiger partial charge in [0.2, 0.25) is 0 Å². The molecule has 0 fully saturated rings. The van der Waals surface area contributed by atoms with Gasteiger partial charge >= 0.3 is 5.97 Å². The van der Waals surface area contributed by atoms with Gasteiger partial charge in [0.15, 0.2) is 6.61 Å². The molecule has 0 radical (unpaired) electrons. The maximum Gasteiger partial charge on any atom is 0.307 e. The first-order valence-electron chi connectivity index (χ1n) is 8.76. The van der Waals surface area contributed by atoms with Crippen molar-refractivity contribution in [3.8, 4) is 5.75 Å². The van der Waals surface area contributed by atoms with Crippen LogP contribution in [0.25, 0.3) is 0 Å². The molecule has 0 unspecified atom stereocenters. The van der Waals surface area contributed by atoms with Gasteiger partial charge in [-0.3, -0.25) is 9.59 Å². The third kappa shape index (κ3) is 6.96. The fraction of sp³-hybridized carbons (Fsp3) is 0.421. The molecule has 0 aliphatic rings. The largest absolute Gasteiger partial charge is 0.484 e. The van der Waals surface area contributed by atoms with Gasteiger partial charge in [0, 0.05) is 32.0 Å². The van der Waals surface area contributed by atoms with E-state index in [1.165, 1.54) is 0 Å². The predicted molar refractivity (Wildman–Crippen MR) is 96.6 cm³/mol. The van der Waals surface area contributed by atoms with E-state index < -0.39 is 0 Å². The number of aryl methyl sites for hydroxylation is 1. The molecule has 7 heteroatoms. The van der Waals surface area contributed by atoms with E-state index in [-0.39, 0.29) is 24.9 Å². The number of para-hydroxylation sites is 1. The van der Waals surface area contributed by atoms with Crippen LogP contribution in [0.1, 0.15) is 19.8 Å². The molecule has 1 aromatic heterocycles. The lowest BCUT2D eigenvalue weighted by atomic mass is 10.3. The number of nitrogens with zero attached hydrogens (tertiary/aromatic N) is 3. The minimum atomic E-state index is -0.302. The zero-order valence-electron chi connectivity index (χ0n) is 15.0. The Labute approximate surface area is 153 Å². The van der Waals surface area contributed by atoms with Crippen LogP contribution in [0.5, 0.6) is 5.75 Å². The quantitative estimate of drug-likeness (QED) is 0.575. The molecular formula is C19H25N3O4. The monoisotopic (exact) mass is 359 g/mol. The summed E-state index contributed by atoms with van der Waals surface area (Å²) < 4.78 is 12.4. The van der Waals surface area contributed by atoms with E-state index in [0.717, 1.165) is 13.0 Å². The summed E-state index contributed by atoms with van der Waals surface area (Å²) in [6.07, 6.45) is 6.27. The molecule has 0 aliphatic heterocycles. The standard InChI is InChI=1S/C19H25N3O4/c1-2-25-19(24)9-13-22(12-6-11-21-14-10-20-16-21)18(23)15-26-17-7-4-3-5-8-17/h3-5,7-8,10,14,16H,2,6,9,11-13,15H2,1H3. The van der Waals surface area contributed by atoms with Gasteiger partial charge in [0.1, 0.15) is 5.75 Å². The molecule has 2 aromatic rings. The van der Waals surface area contributed by atoms with Crippen LogP contribution in [-0.4, -0.2) is 52.6 Å². The van der Waals surface area contributed by atoms with Crippen LogP contribution in [0.3, 0.4) is 0 Å². The van der Waals surface area contributed by atoms with Crippen LogP contribution in [0.15, 0.2) is 49.1 Å². The Morgan fingerprint density at radius 3 is 2.69 bits per heavy atom. The lowest BCUT2D eigenvalue weighted by molar-refractivity contribution is -0.144. The van der Waals surface area contributed by atoms with Crippen molar-refractivity contribution in [3.05, 3.63) is 49.1 Å². The maximum absolute atomic E-state index is 12.5. The first kappa shape index (κ1) is 19.5. The lowest BCUT2D eigenvalue weighted by Gasteiger charge is -2.22. The molecule has 0 spiro atoms. The van der Waals surface area contributed by atoms with Gasteiger partial charge in [-0.25, -0.2) is 4.98 Å².